The van der Waals surface area contributed by atoms with Gasteiger partial charge in [-0.25, -0.2) is 0 Å². The van der Waals surface area contributed by atoms with Crippen LogP contribution in [0.1, 0.15) is 24.8 Å². The highest BCUT2D eigenvalue weighted by Gasteiger charge is 2.34. The van der Waals surface area contributed by atoms with E-state index in [2.05, 4.69) is 0 Å². The van der Waals surface area contributed by atoms with Gasteiger partial charge in [0.25, 0.3) is 0 Å². The summed E-state index contributed by atoms with van der Waals surface area (Å²) in [7, 11) is 0. The number of amides is 1. The molecule has 1 saturated heterocycles. The van der Waals surface area contributed by atoms with E-state index in [1.807, 2.05) is 6.07 Å². The summed E-state index contributed by atoms with van der Waals surface area (Å²) in [6.45, 7) is 0.557. The monoisotopic (exact) mass is 267 g/mol. The largest absolute Gasteiger partial charge is 0.312 e. The lowest BCUT2D eigenvalue weighted by atomic mass is 9.91. The van der Waals surface area contributed by atoms with Gasteiger partial charge in [-0.2, -0.15) is 10.5 Å². The number of hydrogen-bond acceptors (Lipinski definition) is 4. The Bertz CT molecular complexity index is 607. The maximum absolute atomic E-state index is 12.3. The fraction of sp³-hybridized carbons (Fsp3) is 0.333. The normalized spacial score (nSPS) is 18.2. The van der Waals surface area contributed by atoms with Gasteiger partial charge < -0.3 is 4.90 Å². The number of anilines is 1. The van der Waals surface area contributed by atoms with Crippen molar-refractivity contribution in [2.24, 2.45) is 5.92 Å². The summed E-state index contributed by atoms with van der Waals surface area (Å²) in [5.74, 6) is -1.27. The lowest BCUT2D eigenvalue weighted by molar-refractivity contribution is -0.133. The predicted molar refractivity (Wildman–Crippen MR) is 71.5 cm³/mol. The fourth-order valence-corrected chi connectivity index (χ4v) is 2.35. The van der Waals surface area contributed by atoms with E-state index in [-0.39, 0.29) is 18.1 Å². The molecular weight excluding hydrogens is 254 g/mol. The van der Waals surface area contributed by atoms with Gasteiger partial charge in [-0.1, -0.05) is 0 Å². The van der Waals surface area contributed by atoms with Gasteiger partial charge in [-0.15, -0.1) is 0 Å². The molecule has 0 aromatic heterocycles. The molecule has 0 aliphatic carbocycles. The van der Waals surface area contributed by atoms with E-state index in [9.17, 15) is 9.59 Å². The summed E-state index contributed by atoms with van der Waals surface area (Å²) >= 11 is 0. The molecule has 1 heterocycles. The summed E-state index contributed by atoms with van der Waals surface area (Å²) in [4.78, 5) is 25.7. The first-order valence-corrected chi connectivity index (χ1v) is 6.38. The highest BCUT2D eigenvalue weighted by atomic mass is 16.2. The molecule has 1 fully saturated rings. The Balaban J connectivity index is 2.20. The van der Waals surface area contributed by atoms with Crippen molar-refractivity contribution in [3.8, 4) is 12.1 Å². The molecule has 0 saturated carbocycles. The minimum atomic E-state index is -0.709. The van der Waals surface area contributed by atoms with Crippen LogP contribution in [0.5, 0.6) is 0 Å². The topological polar surface area (TPSA) is 85.0 Å². The molecule has 5 nitrogen and oxygen atoms in total. The second-order valence-electron chi connectivity index (χ2n) is 4.64. The van der Waals surface area contributed by atoms with E-state index in [1.54, 1.807) is 35.2 Å². The summed E-state index contributed by atoms with van der Waals surface area (Å²) in [6.07, 6.45) is 1.01. The van der Waals surface area contributed by atoms with Gasteiger partial charge in [0, 0.05) is 12.2 Å². The second-order valence-corrected chi connectivity index (χ2v) is 4.64. The molecule has 0 radical (unpaired) electrons. The van der Waals surface area contributed by atoms with Crippen molar-refractivity contribution in [1.82, 2.24) is 0 Å². The molecule has 20 heavy (non-hydrogen) atoms. The minimum Gasteiger partial charge on any atom is -0.312 e. The van der Waals surface area contributed by atoms with E-state index >= 15 is 0 Å². The van der Waals surface area contributed by atoms with Crippen LogP contribution in [0.2, 0.25) is 0 Å². The molecular formula is C15H13N3O2. The number of rotatable bonds is 3. The predicted octanol–water partition coefficient (Wildman–Crippen LogP) is 1.78. The van der Waals surface area contributed by atoms with Crippen molar-refractivity contribution < 1.29 is 9.59 Å². The van der Waals surface area contributed by atoms with Crippen molar-refractivity contribution in [2.45, 2.75) is 19.3 Å². The van der Waals surface area contributed by atoms with Crippen molar-refractivity contribution in [1.29, 1.82) is 10.5 Å². The molecule has 0 unspecified atom stereocenters. The second kappa shape index (κ2) is 5.99. The van der Waals surface area contributed by atoms with Crippen molar-refractivity contribution in [3.63, 3.8) is 0 Å². The highest BCUT2D eigenvalue weighted by molar-refractivity contribution is 6.09. The van der Waals surface area contributed by atoms with Gasteiger partial charge in [0.15, 0.2) is 5.78 Å². The summed E-state index contributed by atoms with van der Waals surface area (Å²) in [5.41, 5.74) is 1.21. The van der Waals surface area contributed by atoms with Crippen molar-refractivity contribution in [2.75, 3.05) is 11.4 Å². The molecule has 0 bridgehead atoms. The first-order valence-electron chi connectivity index (χ1n) is 6.38. The Morgan fingerprint density at radius 2 is 2.00 bits per heavy atom. The first kappa shape index (κ1) is 13.8. The molecule has 1 atom stereocenters. The molecule has 1 aromatic rings. The zero-order valence-electron chi connectivity index (χ0n) is 10.9. The third kappa shape index (κ3) is 2.67. The smallest absolute Gasteiger partial charge is 0.237 e. The number of carbonyl (C=O) groups excluding carboxylic acids is 2. The number of benzene rings is 1. The third-order valence-corrected chi connectivity index (χ3v) is 3.39. The van der Waals surface area contributed by atoms with Gasteiger partial charge >= 0.3 is 0 Å². The molecule has 0 spiro atoms. The van der Waals surface area contributed by atoms with Crippen molar-refractivity contribution in [3.05, 3.63) is 29.8 Å². The Kier molecular flexibility index (Phi) is 4.12. The van der Waals surface area contributed by atoms with E-state index in [0.29, 0.717) is 24.2 Å². The first-order chi connectivity index (χ1) is 9.67. The maximum atomic E-state index is 12.3. The standard InChI is InChI=1S/C15H13N3O2/c16-8-7-14(19)13-2-1-9-18(15(13)20)12-5-3-11(10-17)4-6-12/h3-6,13H,1-2,7,9H2/t13-/m1/s1. The Labute approximate surface area is 117 Å². The zero-order chi connectivity index (χ0) is 14.5. The Hall–Kier alpha value is -2.66. The minimum absolute atomic E-state index is 0.225. The number of nitrogens with zero attached hydrogens (tertiary/aromatic N) is 3. The number of carbonyl (C=O) groups is 2. The molecule has 1 aliphatic heterocycles. The summed E-state index contributed by atoms with van der Waals surface area (Å²) in [6, 6.07) is 10.5. The molecule has 1 aliphatic rings. The van der Waals surface area contributed by atoms with Gasteiger partial charge in [0.2, 0.25) is 5.91 Å². The van der Waals surface area contributed by atoms with Crippen LogP contribution in [0, 0.1) is 28.6 Å². The van der Waals surface area contributed by atoms with Crippen LogP contribution in [0.25, 0.3) is 0 Å². The van der Waals surface area contributed by atoms with Crippen LogP contribution in [0.15, 0.2) is 24.3 Å². The number of Topliss-reactive ketones (excluding diaryl/α,β-unsaturated/α-hetero) is 1. The van der Waals surface area contributed by atoms with Crippen molar-refractivity contribution >= 4 is 17.4 Å². The molecule has 100 valence electrons. The van der Waals surface area contributed by atoms with Crippen LogP contribution < -0.4 is 4.90 Å². The van der Waals surface area contributed by atoms with Crippen LogP contribution in [-0.4, -0.2) is 18.2 Å². The molecule has 1 amide bonds. The third-order valence-electron chi connectivity index (χ3n) is 3.39. The quantitative estimate of drug-likeness (QED) is 0.781. The lowest BCUT2D eigenvalue weighted by Gasteiger charge is -2.31. The van der Waals surface area contributed by atoms with Gasteiger partial charge in [-0.3, -0.25) is 9.59 Å². The zero-order valence-corrected chi connectivity index (χ0v) is 10.9. The summed E-state index contributed by atoms with van der Waals surface area (Å²) < 4.78 is 0. The van der Waals surface area contributed by atoms with Crippen LogP contribution in [0.4, 0.5) is 5.69 Å². The number of hydrogen-bond donors (Lipinski definition) is 0. The van der Waals surface area contributed by atoms with Gasteiger partial charge in [0.1, 0.15) is 0 Å². The maximum Gasteiger partial charge on any atom is 0.237 e. The van der Waals surface area contributed by atoms with Crippen LogP contribution in [0.3, 0.4) is 0 Å². The van der Waals surface area contributed by atoms with E-state index in [0.717, 1.165) is 6.42 Å². The average molecular weight is 267 g/mol. The number of nitriles is 2. The SMILES string of the molecule is N#CCC(=O)[C@H]1CCCN(c2ccc(C#N)cc2)C1=O. The highest BCUT2D eigenvalue weighted by Crippen LogP contribution is 2.25. The van der Waals surface area contributed by atoms with Gasteiger partial charge in [-0.05, 0) is 37.1 Å². The molecule has 0 N–H and O–H groups in total. The number of ketones is 1. The van der Waals surface area contributed by atoms with Gasteiger partial charge in [0.05, 0.1) is 30.0 Å². The molecule has 2 rings (SSSR count). The van der Waals surface area contributed by atoms with Crippen LogP contribution in [-0.2, 0) is 9.59 Å². The molecule has 5 heteroatoms. The van der Waals surface area contributed by atoms with E-state index < -0.39 is 5.92 Å². The Morgan fingerprint density at radius 1 is 1.30 bits per heavy atom. The molecule has 1 aromatic carbocycles. The average Bonchev–Trinajstić information content (AvgIpc) is 2.48. The van der Waals surface area contributed by atoms with E-state index in [4.69, 9.17) is 10.5 Å². The van der Waals surface area contributed by atoms with Crippen LogP contribution >= 0.6 is 0 Å². The Morgan fingerprint density at radius 3 is 2.60 bits per heavy atom. The fourth-order valence-electron chi connectivity index (χ4n) is 2.35. The lowest BCUT2D eigenvalue weighted by Crippen LogP contribution is -2.44. The summed E-state index contributed by atoms with van der Waals surface area (Å²) in [5, 5.41) is 17.3. The van der Waals surface area contributed by atoms with E-state index in [1.165, 1.54) is 0 Å². The number of piperidine rings is 1.